The maximum absolute atomic E-state index is 12.5. The van der Waals surface area contributed by atoms with Gasteiger partial charge in [0, 0.05) is 44.1 Å². The number of nitrogens with two attached hydrogens (primary N) is 1. The molecule has 0 spiro atoms. The second-order valence-electron chi connectivity index (χ2n) is 5.27. The number of para-hydroxylation sites is 1. The lowest BCUT2D eigenvalue weighted by molar-refractivity contribution is 0.0747. The van der Waals surface area contributed by atoms with Gasteiger partial charge < -0.3 is 20.3 Å². The molecule has 120 valence electrons. The number of nitrogen functional groups attached to an aromatic ring is 1. The second-order valence-corrected chi connectivity index (χ2v) is 5.27. The number of nitrogens with zero attached hydrogens (tertiary/aromatic N) is 4. The Kier molecular flexibility index (Phi) is 4.27. The molecule has 23 heavy (non-hydrogen) atoms. The Morgan fingerprint density at radius 2 is 1.91 bits per heavy atom. The molecule has 3 rings (SSSR count). The Hall–Kier alpha value is -2.83. The Morgan fingerprint density at radius 3 is 2.61 bits per heavy atom. The second kappa shape index (κ2) is 6.51. The first-order valence-corrected chi connectivity index (χ1v) is 7.45. The molecule has 1 aliphatic heterocycles. The Balaban J connectivity index is 1.66. The zero-order chi connectivity index (χ0) is 16.2. The van der Waals surface area contributed by atoms with Gasteiger partial charge in [-0.05, 0) is 12.1 Å². The highest BCUT2D eigenvalue weighted by Crippen LogP contribution is 2.18. The molecule has 1 aliphatic rings. The van der Waals surface area contributed by atoms with E-state index in [1.807, 2.05) is 21.9 Å². The minimum absolute atomic E-state index is 0.0330. The van der Waals surface area contributed by atoms with Crippen LogP contribution in [-0.4, -0.2) is 54.1 Å². The number of anilines is 2. The van der Waals surface area contributed by atoms with Crippen molar-refractivity contribution in [1.82, 2.24) is 14.9 Å². The molecule has 1 aromatic heterocycles. The molecule has 1 saturated heterocycles. The van der Waals surface area contributed by atoms with Crippen LogP contribution in [0.15, 0.2) is 36.5 Å². The summed E-state index contributed by atoms with van der Waals surface area (Å²) in [4.78, 5) is 25.0. The summed E-state index contributed by atoms with van der Waals surface area (Å²) in [7, 11) is 1.58. The lowest BCUT2D eigenvalue weighted by atomic mass is 10.1. The normalized spacial score (nSPS) is 14.7. The minimum Gasteiger partial charge on any atom is -0.481 e. The first-order chi connectivity index (χ1) is 11.2. The molecule has 0 radical (unpaired) electrons. The summed E-state index contributed by atoms with van der Waals surface area (Å²) < 4.78 is 5.12. The van der Waals surface area contributed by atoms with Crippen LogP contribution in [0.25, 0.3) is 0 Å². The predicted octanol–water partition coefficient (Wildman–Crippen LogP) is 1.03. The summed E-state index contributed by atoms with van der Waals surface area (Å²) in [6, 6.07) is 8.86. The van der Waals surface area contributed by atoms with Gasteiger partial charge in [-0.15, -0.1) is 0 Å². The van der Waals surface area contributed by atoms with Crippen molar-refractivity contribution in [2.24, 2.45) is 0 Å². The van der Waals surface area contributed by atoms with Crippen molar-refractivity contribution in [3.05, 3.63) is 42.1 Å². The van der Waals surface area contributed by atoms with Crippen molar-refractivity contribution in [3.63, 3.8) is 0 Å². The molecule has 0 unspecified atom stereocenters. The molecule has 0 saturated carbocycles. The number of rotatable bonds is 3. The maximum Gasteiger partial charge on any atom is 0.256 e. The number of methoxy groups -OCH3 is 1. The van der Waals surface area contributed by atoms with E-state index < -0.39 is 0 Å². The topological polar surface area (TPSA) is 84.6 Å². The highest BCUT2D eigenvalue weighted by atomic mass is 16.5. The molecular weight excluding hydrogens is 294 g/mol. The van der Waals surface area contributed by atoms with Crippen molar-refractivity contribution in [3.8, 4) is 5.88 Å². The van der Waals surface area contributed by atoms with Crippen LogP contribution in [0, 0.1) is 0 Å². The van der Waals surface area contributed by atoms with Crippen LogP contribution in [0.3, 0.4) is 0 Å². The van der Waals surface area contributed by atoms with E-state index in [-0.39, 0.29) is 5.91 Å². The van der Waals surface area contributed by atoms with Gasteiger partial charge in [-0.1, -0.05) is 12.1 Å². The number of piperazine rings is 1. The van der Waals surface area contributed by atoms with Crippen molar-refractivity contribution in [1.29, 1.82) is 0 Å². The molecular formula is C16H19N5O2. The van der Waals surface area contributed by atoms with Crippen LogP contribution >= 0.6 is 0 Å². The number of carbonyl (C=O) groups is 1. The average Bonchev–Trinajstić information content (AvgIpc) is 2.62. The molecule has 7 nitrogen and oxygen atoms in total. The molecule has 7 heteroatoms. The largest absolute Gasteiger partial charge is 0.481 e. The van der Waals surface area contributed by atoms with Gasteiger partial charge in [0.15, 0.2) is 0 Å². The van der Waals surface area contributed by atoms with Gasteiger partial charge in [0.25, 0.3) is 5.91 Å². The van der Waals surface area contributed by atoms with Crippen LogP contribution in [0.4, 0.5) is 11.6 Å². The number of carbonyl (C=O) groups excluding carboxylic acids is 1. The van der Waals surface area contributed by atoms with Gasteiger partial charge in [-0.3, -0.25) is 4.79 Å². The summed E-state index contributed by atoms with van der Waals surface area (Å²) in [5.41, 5.74) is 6.95. The van der Waals surface area contributed by atoms with E-state index in [2.05, 4.69) is 9.97 Å². The number of amides is 1. The van der Waals surface area contributed by atoms with Gasteiger partial charge >= 0.3 is 0 Å². The Bertz CT molecular complexity index is 698. The van der Waals surface area contributed by atoms with Crippen molar-refractivity contribution < 1.29 is 9.53 Å². The first-order valence-electron chi connectivity index (χ1n) is 7.45. The molecule has 2 heterocycles. The SMILES string of the molecule is COc1ccnc(N2CCN(C(=O)c3ccccc3N)CC2)n1. The van der Waals surface area contributed by atoms with Crippen molar-refractivity contribution in [2.45, 2.75) is 0 Å². The summed E-state index contributed by atoms with van der Waals surface area (Å²) in [6.45, 7) is 2.55. The third kappa shape index (κ3) is 3.18. The van der Waals surface area contributed by atoms with Gasteiger partial charge in [0.1, 0.15) is 0 Å². The van der Waals surface area contributed by atoms with Gasteiger partial charge in [0.05, 0.1) is 12.7 Å². The van der Waals surface area contributed by atoms with E-state index in [9.17, 15) is 4.79 Å². The number of hydrogen-bond donors (Lipinski definition) is 1. The predicted molar refractivity (Wildman–Crippen MR) is 87.6 cm³/mol. The number of aromatic nitrogens is 2. The molecule has 1 fully saturated rings. The molecule has 0 aliphatic carbocycles. The minimum atomic E-state index is -0.0330. The van der Waals surface area contributed by atoms with Crippen LogP contribution in [0.2, 0.25) is 0 Å². The van der Waals surface area contributed by atoms with Crippen LogP contribution in [-0.2, 0) is 0 Å². The fourth-order valence-corrected chi connectivity index (χ4v) is 2.57. The van der Waals surface area contributed by atoms with E-state index in [1.165, 1.54) is 0 Å². The first kappa shape index (κ1) is 15.1. The van der Waals surface area contributed by atoms with E-state index in [1.54, 1.807) is 31.5 Å². The summed E-state index contributed by atoms with van der Waals surface area (Å²) in [5, 5.41) is 0. The number of hydrogen-bond acceptors (Lipinski definition) is 6. The highest BCUT2D eigenvalue weighted by molar-refractivity contribution is 5.99. The molecule has 2 N–H and O–H groups in total. The zero-order valence-corrected chi connectivity index (χ0v) is 13.0. The van der Waals surface area contributed by atoms with E-state index in [0.717, 1.165) is 0 Å². The lowest BCUT2D eigenvalue weighted by Gasteiger charge is -2.34. The fraction of sp³-hybridized carbons (Fsp3) is 0.312. The smallest absolute Gasteiger partial charge is 0.256 e. The van der Waals surface area contributed by atoms with Crippen molar-refractivity contribution >= 4 is 17.5 Å². The summed E-state index contributed by atoms with van der Waals surface area (Å²) in [5.74, 6) is 1.12. The molecule has 1 amide bonds. The molecule has 0 bridgehead atoms. The third-order valence-corrected chi connectivity index (χ3v) is 3.87. The van der Waals surface area contributed by atoms with Crippen LogP contribution < -0.4 is 15.4 Å². The lowest BCUT2D eigenvalue weighted by Crippen LogP contribution is -2.49. The zero-order valence-electron chi connectivity index (χ0n) is 13.0. The number of ether oxygens (including phenoxy) is 1. The van der Waals surface area contributed by atoms with Crippen LogP contribution in [0.5, 0.6) is 5.88 Å². The molecule has 1 aromatic carbocycles. The van der Waals surface area contributed by atoms with E-state index in [4.69, 9.17) is 10.5 Å². The maximum atomic E-state index is 12.5. The van der Waals surface area contributed by atoms with E-state index in [0.29, 0.717) is 49.3 Å². The fourth-order valence-electron chi connectivity index (χ4n) is 2.57. The molecule has 0 atom stereocenters. The average molecular weight is 313 g/mol. The third-order valence-electron chi connectivity index (χ3n) is 3.87. The highest BCUT2D eigenvalue weighted by Gasteiger charge is 2.24. The Labute approximate surface area is 134 Å². The summed E-state index contributed by atoms with van der Waals surface area (Å²) in [6.07, 6.45) is 1.67. The van der Waals surface area contributed by atoms with Crippen LogP contribution in [0.1, 0.15) is 10.4 Å². The monoisotopic (exact) mass is 313 g/mol. The van der Waals surface area contributed by atoms with Gasteiger partial charge in [-0.25, -0.2) is 4.98 Å². The quantitative estimate of drug-likeness (QED) is 0.852. The van der Waals surface area contributed by atoms with E-state index >= 15 is 0 Å². The Morgan fingerprint density at radius 1 is 1.17 bits per heavy atom. The van der Waals surface area contributed by atoms with Crippen molar-refractivity contribution in [2.75, 3.05) is 43.9 Å². The summed E-state index contributed by atoms with van der Waals surface area (Å²) >= 11 is 0. The van der Waals surface area contributed by atoms with Gasteiger partial charge in [-0.2, -0.15) is 4.98 Å². The molecule has 2 aromatic rings. The van der Waals surface area contributed by atoms with Gasteiger partial charge in [0.2, 0.25) is 11.8 Å². The number of benzene rings is 1. The standard InChI is InChI=1S/C16H19N5O2/c1-23-14-6-7-18-16(19-14)21-10-8-20(9-11-21)15(22)12-4-2-3-5-13(12)17/h2-7H,8-11,17H2,1H3.